The van der Waals surface area contributed by atoms with Crippen LogP contribution in [0.5, 0.6) is 11.5 Å². The highest BCUT2D eigenvalue weighted by Gasteiger charge is 2.31. The van der Waals surface area contributed by atoms with Gasteiger partial charge >= 0.3 is 12.3 Å². The number of alkyl halides is 3. The van der Waals surface area contributed by atoms with Gasteiger partial charge in [-0.05, 0) is 85.9 Å². The maximum absolute atomic E-state index is 12.5. The number of carboxylic acids is 1. The van der Waals surface area contributed by atoms with E-state index in [1.807, 2.05) is 36.1 Å². The van der Waals surface area contributed by atoms with E-state index in [-0.39, 0.29) is 5.75 Å². The van der Waals surface area contributed by atoms with Crippen molar-refractivity contribution in [2.45, 2.75) is 45.7 Å². The van der Waals surface area contributed by atoms with Gasteiger partial charge in [0.15, 0.2) is 5.60 Å². The summed E-state index contributed by atoms with van der Waals surface area (Å²) in [5.74, 6) is -0.175. The number of nitrogens with zero attached hydrogens (tertiary/aromatic N) is 2. The second-order valence-electron chi connectivity index (χ2n) is 9.11. The van der Waals surface area contributed by atoms with Crippen LogP contribution in [0.15, 0.2) is 73.4 Å². The highest BCUT2D eigenvalue weighted by atomic mass is 19.4. The summed E-state index contributed by atoms with van der Waals surface area (Å²) in [6, 6.07) is 16.8. The molecular weight excluding hydrogens is 485 g/mol. The molecule has 0 radical (unpaired) electrons. The monoisotopic (exact) mass is 514 g/mol. The Morgan fingerprint density at radius 3 is 2.00 bits per heavy atom. The summed E-state index contributed by atoms with van der Waals surface area (Å²) < 4.78 is 47.0. The Balaban J connectivity index is 1.74. The van der Waals surface area contributed by atoms with Crippen LogP contribution >= 0.6 is 0 Å². The van der Waals surface area contributed by atoms with Gasteiger partial charge in [0.25, 0.3) is 0 Å². The fourth-order valence-corrected chi connectivity index (χ4v) is 3.44. The summed E-state index contributed by atoms with van der Waals surface area (Å²) >= 11 is 0. The zero-order valence-electron chi connectivity index (χ0n) is 20.9. The molecule has 0 unspecified atom stereocenters. The van der Waals surface area contributed by atoms with Crippen molar-refractivity contribution in [3.63, 3.8) is 0 Å². The minimum absolute atomic E-state index is 0.278. The molecule has 0 aliphatic carbocycles. The van der Waals surface area contributed by atoms with Crippen LogP contribution in [-0.2, 0) is 17.8 Å². The molecule has 0 spiro atoms. The summed E-state index contributed by atoms with van der Waals surface area (Å²) in [6.07, 6.45) is -2.37. The summed E-state index contributed by atoms with van der Waals surface area (Å²) in [5, 5.41) is 9.25. The van der Waals surface area contributed by atoms with E-state index >= 15 is 0 Å². The van der Waals surface area contributed by atoms with Gasteiger partial charge < -0.3 is 19.5 Å². The fraction of sp³-hybridized carbons (Fsp3) is 0.286. The Hall–Kier alpha value is -4.01. The molecular formula is C28H29F3N2O4. The van der Waals surface area contributed by atoms with E-state index in [2.05, 4.69) is 16.3 Å². The van der Waals surface area contributed by atoms with Crippen LogP contribution < -0.4 is 14.4 Å². The van der Waals surface area contributed by atoms with Crippen molar-refractivity contribution >= 4 is 17.4 Å². The number of benzene rings is 2. The Kier molecular flexibility index (Phi) is 8.47. The lowest BCUT2D eigenvalue weighted by Gasteiger charge is -2.25. The number of aliphatic carboxylic acids is 1. The number of allylic oxidation sites excluding steroid dienone is 1. The van der Waals surface area contributed by atoms with E-state index in [4.69, 9.17) is 4.74 Å². The largest absolute Gasteiger partial charge is 0.573 e. The molecule has 0 saturated heterocycles. The van der Waals surface area contributed by atoms with Crippen molar-refractivity contribution in [3.8, 4) is 11.5 Å². The molecule has 0 amide bonds. The number of ether oxygens (including phenoxy) is 2. The number of hydrogen-bond donors (Lipinski definition) is 1. The molecule has 3 aromatic rings. The summed E-state index contributed by atoms with van der Waals surface area (Å²) in [7, 11) is 0. The first kappa shape index (κ1) is 27.6. The van der Waals surface area contributed by atoms with Gasteiger partial charge in [-0.2, -0.15) is 0 Å². The number of anilines is 1. The van der Waals surface area contributed by atoms with Crippen LogP contribution in [-0.4, -0.2) is 34.6 Å². The molecule has 0 aliphatic heterocycles. The minimum atomic E-state index is -4.74. The predicted octanol–water partition coefficient (Wildman–Crippen LogP) is 6.50. The van der Waals surface area contributed by atoms with Gasteiger partial charge in [0.2, 0.25) is 0 Å². The van der Waals surface area contributed by atoms with E-state index in [0.29, 0.717) is 31.1 Å². The molecule has 0 atom stereocenters. The average molecular weight is 515 g/mol. The zero-order chi connectivity index (χ0) is 27.2. The molecule has 1 aromatic heterocycles. The highest BCUT2D eigenvalue weighted by molar-refractivity contribution is 5.76. The van der Waals surface area contributed by atoms with Crippen LogP contribution in [0.4, 0.5) is 19.0 Å². The standard InChI is InChI=1S/C28H29F3N2O4/c1-19(2)22-9-14-25(32-17-22)33(18-21-7-12-24(13-8-21)37-28(29,30)31)16-15-20-5-10-23(11-6-20)36-27(3,4)26(34)35/h5-14,17H,1,15-16,18H2,2-4H3,(H,34,35). The quantitative estimate of drug-likeness (QED) is 0.315. The maximum atomic E-state index is 12.5. The molecule has 6 nitrogen and oxygen atoms in total. The molecule has 196 valence electrons. The van der Waals surface area contributed by atoms with Gasteiger partial charge in [-0.3, -0.25) is 0 Å². The van der Waals surface area contributed by atoms with E-state index in [9.17, 15) is 23.1 Å². The van der Waals surface area contributed by atoms with Crippen LogP contribution in [0.25, 0.3) is 5.57 Å². The SMILES string of the molecule is C=C(C)c1ccc(N(CCc2ccc(OC(C)(C)C(=O)O)cc2)Cc2ccc(OC(F)(F)F)cc2)nc1. The van der Waals surface area contributed by atoms with E-state index in [0.717, 1.165) is 22.3 Å². The number of pyridine rings is 1. The smallest absolute Gasteiger partial charge is 0.478 e. The van der Waals surface area contributed by atoms with Crippen molar-refractivity contribution < 1.29 is 32.5 Å². The van der Waals surface area contributed by atoms with Gasteiger partial charge in [0, 0.05) is 19.3 Å². The van der Waals surface area contributed by atoms with Crippen LogP contribution in [0, 0.1) is 0 Å². The Bertz CT molecular complexity index is 1210. The van der Waals surface area contributed by atoms with Gasteiger partial charge in [0.05, 0.1) is 0 Å². The van der Waals surface area contributed by atoms with Crippen molar-refractivity contribution in [1.82, 2.24) is 4.98 Å². The van der Waals surface area contributed by atoms with Crippen LogP contribution in [0.1, 0.15) is 37.5 Å². The first-order valence-electron chi connectivity index (χ1n) is 11.6. The molecule has 0 saturated carbocycles. The third-order valence-electron chi connectivity index (χ3n) is 5.58. The summed E-state index contributed by atoms with van der Waals surface area (Å²) in [5.41, 5.74) is 2.25. The number of carboxylic acid groups (broad SMARTS) is 1. The summed E-state index contributed by atoms with van der Waals surface area (Å²) in [6.45, 7) is 9.77. The molecule has 0 aliphatic rings. The molecule has 2 aromatic carbocycles. The minimum Gasteiger partial charge on any atom is -0.478 e. The lowest BCUT2D eigenvalue weighted by molar-refractivity contribution is -0.274. The van der Waals surface area contributed by atoms with Crippen LogP contribution in [0.2, 0.25) is 0 Å². The van der Waals surface area contributed by atoms with Crippen molar-refractivity contribution in [1.29, 1.82) is 0 Å². The third kappa shape index (κ3) is 8.27. The molecule has 0 fully saturated rings. The number of rotatable bonds is 11. The second kappa shape index (κ2) is 11.4. The van der Waals surface area contributed by atoms with Gasteiger partial charge in [-0.1, -0.05) is 30.8 Å². The second-order valence-corrected chi connectivity index (χ2v) is 9.11. The molecule has 1 N–H and O–H groups in total. The Morgan fingerprint density at radius 1 is 0.946 bits per heavy atom. The number of halogens is 3. The van der Waals surface area contributed by atoms with Crippen molar-refractivity contribution in [2.24, 2.45) is 0 Å². The lowest BCUT2D eigenvalue weighted by Crippen LogP contribution is -2.37. The van der Waals surface area contributed by atoms with Gasteiger partial charge in [-0.15, -0.1) is 13.2 Å². The highest BCUT2D eigenvalue weighted by Crippen LogP contribution is 2.25. The predicted molar refractivity (Wildman–Crippen MR) is 136 cm³/mol. The topological polar surface area (TPSA) is 71.9 Å². The van der Waals surface area contributed by atoms with Crippen molar-refractivity contribution in [2.75, 3.05) is 11.4 Å². The molecule has 0 bridgehead atoms. The first-order valence-corrected chi connectivity index (χ1v) is 11.6. The molecule has 9 heteroatoms. The first-order chi connectivity index (χ1) is 17.3. The molecule has 37 heavy (non-hydrogen) atoms. The Labute approximate surface area is 214 Å². The fourth-order valence-electron chi connectivity index (χ4n) is 3.44. The van der Waals surface area contributed by atoms with E-state index in [1.165, 1.54) is 26.0 Å². The van der Waals surface area contributed by atoms with Gasteiger partial charge in [0.1, 0.15) is 17.3 Å². The number of hydrogen-bond acceptors (Lipinski definition) is 5. The third-order valence-corrected chi connectivity index (χ3v) is 5.58. The van der Waals surface area contributed by atoms with E-state index < -0.39 is 17.9 Å². The number of carbonyl (C=O) groups is 1. The average Bonchev–Trinajstić information content (AvgIpc) is 2.82. The number of aromatic nitrogens is 1. The normalized spacial score (nSPS) is 11.6. The summed E-state index contributed by atoms with van der Waals surface area (Å²) in [4.78, 5) is 17.9. The van der Waals surface area contributed by atoms with Gasteiger partial charge in [-0.25, -0.2) is 9.78 Å². The van der Waals surface area contributed by atoms with Crippen LogP contribution in [0.3, 0.4) is 0 Å². The molecule has 1 heterocycles. The lowest BCUT2D eigenvalue weighted by atomic mass is 10.1. The maximum Gasteiger partial charge on any atom is 0.573 e. The Morgan fingerprint density at radius 2 is 1.51 bits per heavy atom. The van der Waals surface area contributed by atoms with E-state index in [1.54, 1.807) is 30.5 Å². The van der Waals surface area contributed by atoms with Crippen molar-refractivity contribution in [3.05, 3.63) is 90.1 Å². The molecule has 3 rings (SSSR count). The zero-order valence-corrected chi connectivity index (χ0v) is 20.9.